The van der Waals surface area contributed by atoms with Crippen LogP contribution in [0.25, 0.3) is 11.3 Å². The van der Waals surface area contributed by atoms with E-state index in [2.05, 4.69) is 23.2 Å². The van der Waals surface area contributed by atoms with Crippen molar-refractivity contribution in [1.82, 2.24) is 9.55 Å². The van der Waals surface area contributed by atoms with E-state index in [1.165, 1.54) is 31.3 Å². The zero-order chi connectivity index (χ0) is 29.0. The number of ether oxygens (including phenoxy) is 6. The van der Waals surface area contributed by atoms with E-state index < -0.39 is 12.2 Å². The van der Waals surface area contributed by atoms with Crippen LogP contribution in [-0.4, -0.2) is 21.8 Å². The molecule has 1 aromatic heterocycles. The van der Waals surface area contributed by atoms with Crippen LogP contribution in [0.4, 0.5) is 0 Å². The lowest BCUT2D eigenvalue weighted by atomic mass is 9.96. The molecule has 0 saturated heterocycles. The van der Waals surface area contributed by atoms with Gasteiger partial charge in [0.2, 0.25) is 5.88 Å². The molecule has 9 nitrogen and oxygen atoms in total. The van der Waals surface area contributed by atoms with Crippen molar-refractivity contribution in [1.29, 1.82) is 0 Å². The van der Waals surface area contributed by atoms with Gasteiger partial charge < -0.3 is 28.4 Å². The summed E-state index contributed by atoms with van der Waals surface area (Å²) in [4.78, 5) is 17.5. The summed E-state index contributed by atoms with van der Waals surface area (Å²) >= 11 is 0. The highest BCUT2D eigenvalue weighted by molar-refractivity contribution is 5.67. The van der Waals surface area contributed by atoms with Crippen LogP contribution in [0, 0.1) is 0 Å². The lowest BCUT2D eigenvalue weighted by molar-refractivity contribution is 0.154. The van der Waals surface area contributed by atoms with Gasteiger partial charge in [0.1, 0.15) is 43.3 Å². The average molecular weight is 579 g/mol. The number of aromatic nitrogens is 2. The molecular weight excluding hydrogens is 548 g/mol. The Morgan fingerprint density at radius 2 is 1.47 bits per heavy atom. The summed E-state index contributed by atoms with van der Waals surface area (Å²) < 4.78 is 36.7. The number of allylic oxidation sites excluding steroid dienone is 6. The summed E-state index contributed by atoms with van der Waals surface area (Å²) in [5.74, 6) is 1.99. The Labute approximate surface area is 248 Å². The Balaban J connectivity index is 1.18. The number of fused-ring (bicyclic) bond motifs is 3. The van der Waals surface area contributed by atoms with Crippen molar-refractivity contribution in [2.24, 2.45) is 0 Å². The predicted molar refractivity (Wildman–Crippen MR) is 158 cm³/mol. The predicted octanol–water partition coefficient (Wildman–Crippen LogP) is 6.23. The van der Waals surface area contributed by atoms with Gasteiger partial charge in [0, 0.05) is 18.2 Å². The van der Waals surface area contributed by atoms with Crippen molar-refractivity contribution in [3.8, 4) is 22.9 Å². The second-order valence-electron chi connectivity index (χ2n) is 10.5. The van der Waals surface area contributed by atoms with Gasteiger partial charge >= 0.3 is 5.69 Å². The first-order chi connectivity index (χ1) is 21.2. The topological polar surface area (TPSA) is 90.3 Å². The van der Waals surface area contributed by atoms with Crippen LogP contribution in [-0.2, 0) is 31.9 Å². The Morgan fingerprint density at radius 1 is 0.791 bits per heavy atom. The Bertz CT molecular complexity index is 1720. The molecule has 2 aromatic rings. The molecule has 5 aliphatic rings. The normalized spacial score (nSPS) is 19.4. The van der Waals surface area contributed by atoms with Gasteiger partial charge in [-0.05, 0) is 67.0 Å². The molecule has 2 aliphatic carbocycles. The number of benzene rings is 1. The number of nitrogens with zero attached hydrogens (tertiary/aromatic N) is 2. The van der Waals surface area contributed by atoms with Crippen molar-refractivity contribution in [2.45, 2.75) is 50.9 Å². The van der Waals surface area contributed by atoms with E-state index in [0.717, 1.165) is 53.7 Å². The molecule has 3 aliphatic heterocycles. The van der Waals surface area contributed by atoms with Crippen molar-refractivity contribution < 1.29 is 28.4 Å². The van der Waals surface area contributed by atoms with Gasteiger partial charge in [-0.2, -0.15) is 4.98 Å². The van der Waals surface area contributed by atoms with E-state index in [4.69, 9.17) is 28.4 Å². The molecule has 0 N–H and O–H groups in total. The van der Waals surface area contributed by atoms with Crippen LogP contribution in [0.3, 0.4) is 0 Å². The molecule has 43 heavy (non-hydrogen) atoms. The maximum atomic E-state index is 13.2. The summed E-state index contributed by atoms with van der Waals surface area (Å²) in [5.41, 5.74) is 4.47. The fourth-order valence-electron chi connectivity index (χ4n) is 5.68. The number of rotatable bonds is 8. The van der Waals surface area contributed by atoms with Crippen LogP contribution in [0.2, 0.25) is 0 Å². The minimum atomic E-state index is -0.584. The maximum Gasteiger partial charge on any atom is 0.351 e. The van der Waals surface area contributed by atoms with Crippen molar-refractivity contribution in [3.05, 3.63) is 137 Å². The molecule has 4 heterocycles. The van der Waals surface area contributed by atoms with Gasteiger partial charge in [0.15, 0.2) is 23.7 Å². The Morgan fingerprint density at radius 3 is 2.07 bits per heavy atom. The number of hydrogen-bond acceptors (Lipinski definition) is 8. The molecule has 0 saturated carbocycles. The average Bonchev–Trinajstić information content (AvgIpc) is 3.07. The Kier molecular flexibility index (Phi) is 7.43. The summed E-state index contributed by atoms with van der Waals surface area (Å²) in [6.07, 6.45) is 24.4. The summed E-state index contributed by atoms with van der Waals surface area (Å²) in [6, 6.07) is 7.75. The minimum Gasteiger partial charge on any atom is -0.478 e. The smallest absolute Gasteiger partial charge is 0.351 e. The monoisotopic (exact) mass is 578 g/mol. The van der Waals surface area contributed by atoms with Gasteiger partial charge in [-0.3, -0.25) is 4.57 Å². The van der Waals surface area contributed by atoms with Crippen molar-refractivity contribution in [3.63, 3.8) is 0 Å². The summed E-state index contributed by atoms with van der Waals surface area (Å²) in [6.45, 7) is 0.496. The third kappa shape index (κ3) is 5.66. The van der Waals surface area contributed by atoms with Crippen LogP contribution in [0.15, 0.2) is 126 Å². The third-order valence-electron chi connectivity index (χ3n) is 7.77. The van der Waals surface area contributed by atoms with E-state index in [-0.39, 0.29) is 11.6 Å². The molecule has 0 radical (unpaired) electrons. The molecule has 0 spiro atoms. The maximum absolute atomic E-state index is 13.2. The van der Waals surface area contributed by atoms with Crippen LogP contribution >= 0.6 is 0 Å². The second kappa shape index (κ2) is 12.0. The lowest BCUT2D eigenvalue weighted by Crippen LogP contribution is -2.31. The fraction of sp³-hybridized carbons (Fsp3) is 0.235. The SMILES string of the molecule is O=c1nc(OC(C2=CC=CCC2)C2=COC=CO2)cc2n1CCc1cc(OC(C3=CC=CCC3)C3=COC=CO3)ccc1-2. The first kappa shape index (κ1) is 26.7. The van der Waals surface area contributed by atoms with Crippen LogP contribution < -0.4 is 15.2 Å². The van der Waals surface area contributed by atoms with E-state index >= 15 is 0 Å². The summed E-state index contributed by atoms with van der Waals surface area (Å²) in [7, 11) is 0. The highest BCUT2D eigenvalue weighted by Gasteiger charge is 2.28. The second-order valence-corrected chi connectivity index (χ2v) is 10.5. The van der Waals surface area contributed by atoms with Gasteiger partial charge in [-0.15, -0.1) is 0 Å². The number of aryl methyl sites for hydroxylation is 1. The molecule has 1 aromatic carbocycles. The fourth-order valence-corrected chi connectivity index (χ4v) is 5.68. The van der Waals surface area contributed by atoms with Gasteiger partial charge in [-0.25, -0.2) is 4.79 Å². The van der Waals surface area contributed by atoms with Crippen molar-refractivity contribution >= 4 is 0 Å². The molecule has 0 fully saturated rings. The van der Waals surface area contributed by atoms with E-state index in [0.29, 0.717) is 30.2 Å². The molecule has 0 bridgehead atoms. The standard InChI is InChI=1S/C34H30N2O7/c37-34-35-31(43-33(24-9-5-2-6-10-24)30-22-39-16-18-41-30)20-28-27-12-11-26(19-25(27)13-14-36(28)34)42-32(23-7-3-1-4-8-23)29-21-38-15-17-40-29/h1-3,5,7,9,11-12,15-22,32-33H,4,6,8,10,13-14H2. The first-order valence-electron chi connectivity index (χ1n) is 14.4. The van der Waals surface area contributed by atoms with E-state index in [1.807, 2.05) is 42.5 Å². The van der Waals surface area contributed by atoms with Crippen LogP contribution in [0.1, 0.15) is 31.2 Å². The minimum absolute atomic E-state index is 0.218. The van der Waals surface area contributed by atoms with Crippen LogP contribution in [0.5, 0.6) is 11.6 Å². The molecular formula is C34H30N2O7. The van der Waals surface area contributed by atoms with Gasteiger partial charge in [-0.1, -0.05) is 36.5 Å². The highest BCUT2D eigenvalue weighted by atomic mass is 16.6. The summed E-state index contributed by atoms with van der Waals surface area (Å²) in [5, 5.41) is 0. The molecule has 218 valence electrons. The van der Waals surface area contributed by atoms with E-state index in [1.54, 1.807) is 10.8 Å². The first-order valence-corrected chi connectivity index (χ1v) is 14.4. The molecule has 7 rings (SSSR count). The molecule has 2 atom stereocenters. The zero-order valence-corrected chi connectivity index (χ0v) is 23.4. The third-order valence-corrected chi connectivity index (χ3v) is 7.77. The quantitative estimate of drug-likeness (QED) is 0.364. The molecule has 2 unspecified atom stereocenters. The Hall–Kier alpha value is -5.18. The number of hydrogen-bond donors (Lipinski definition) is 0. The highest BCUT2D eigenvalue weighted by Crippen LogP contribution is 2.35. The van der Waals surface area contributed by atoms with Gasteiger partial charge in [0.05, 0.1) is 5.69 Å². The molecule has 9 heteroatoms. The lowest BCUT2D eigenvalue weighted by Gasteiger charge is -2.27. The van der Waals surface area contributed by atoms with Crippen molar-refractivity contribution in [2.75, 3.05) is 0 Å². The van der Waals surface area contributed by atoms with E-state index in [9.17, 15) is 4.79 Å². The zero-order valence-electron chi connectivity index (χ0n) is 23.4. The largest absolute Gasteiger partial charge is 0.478 e. The van der Waals surface area contributed by atoms with Gasteiger partial charge in [0.25, 0.3) is 0 Å². The molecule has 0 amide bonds.